The fraction of sp³-hybridized carbons (Fsp3) is 0.167. The Morgan fingerprint density at radius 3 is 2.51 bits per heavy atom. The normalized spacial score (nSPS) is 14.9. The molecule has 0 atom stereocenters. The third kappa shape index (κ3) is 4.84. The molecule has 2 aromatic carbocycles. The summed E-state index contributed by atoms with van der Waals surface area (Å²) in [6, 6.07) is 13.3. The summed E-state index contributed by atoms with van der Waals surface area (Å²) in [5.41, 5.74) is 2.66. The average Bonchev–Trinajstić information content (AvgIpc) is 3.37. The fourth-order valence-corrected chi connectivity index (χ4v) is 6.16. The lowest BCUT2D eigenvalue weighted by Gasteiger charge is -2.35. The summed E-state index contributed by atoms with van der Waals surface area (Å²) in [4.78, 5) is 13.8. The van der Waals surface area contributed by atoms with E-state index in [1.165, 1.54) is 16.4 Å². The Bertz CT molecular complexity index is 1470. The van der Waals surface area contributed by atoms with Crippen LogP contribution in [0.3, 0.4) is 0 Å². The van der Waals surface area contributed by atoms with E-state index in [0.29, 0.717) is 53.3 Å². The molecule has 1 aliphatic heterocycles. The molecule has 0 aliphatic carbocycles. The number of nitrogens with zero attached hydrogens (tertiary/aromatic N) is 4. The number of sulfonamides is 1. The van der Waals surface area contributed by atoms with Crippen molar-refractivity contribution in [1.82, 2.24) is 19.3 Å². The van der Waals surface area contributed by atoms with Crippen LogP contribution in [0.5, 0.6) is 0 Å². The van der Waals surface area contributed by atoms with E-state index in [2.05, 4.69) is 35.8 Å². The van der Waals surface area contributed by atoms with E-state index in [1.54, 1.807) is 42.9 Å². The number of benzene rings is 2. The van der Waals surface area contributed by atoms with Gasteiger partial charge in [-0.2, -0.15) is 4.31 Å². The summed E-state index contributed by atoms with van der Waals surface area (Å²) in [5, 5.41) is 0.144. The molecule has 7 nitrogen and oxygen atoms in total. The number of imidazole rings is 1. The summed E-state index contributed by atoms with van der Waals surface area (Å²) >= 11 is 9.49. The van der Waals surface area contributed by atoms with Crippen molar-refractivity contribution in [2.24, 2.45) is 0 Å². The quantitative estimate of drug-likeness (QED) is 0.353. The molecular formula is C24H20BrClFN5O2S. The third-order valence-corrected chi connectivity index (χ3v) is 8.89. The average molecular weight is 577 g/mol. The fourth-order valence-electron chi connectivity index (χ4n) is 3.99. The number of aromatic nitrogens is 3. The highest BCUT2D eigenvalue weighted by Crippen LogP contribution is 2.31. The Morgan fingerprint density at radius 2 is 1.80 bits per heavy atom. The van der Waals surface area contributed by atoms with Crippen molar-refractivity contribution >= 4 is 43.2 Å². The minimum Gasteiger partial charge on any atom is -0.368 e. The number of piperazine rings is 1. The standard InChI is InChI=1S/C24H20BrClFN5O2S/c25-19-5-3-16(12-21(19)27)22-15-29-24(30-22)17-4-6-20(26)23(13-17)35(33,34)32-10-8-31(9-11-32)18-2-1-7-28-14-18/h1-7,12-15H,8-11H2,(H,29,30). The van der Waals surface area contributed by atoms with Gasteiger partial charge in [0, 0.05) is 49.7 Å². The van der Waals surface area contributed by atoms with Gasteiger partial charge in [-0.05, 0) is 58.4 Å². The lowest BCUT2D eigenvalue weighted by molar-refractivity contribution is 0.385. The molecule has 4 aromatic rings. The van der Waals surface area contributed by atoms with E-state index in [1.807, 2.05) is 12.1 Å². The first kappa shape index (κ1) is 23.9. The van der Waals surface area contributed by atoms with Gasteiger partial charge in [-0.15, -0.1) is 0 Å². The third-order valence-electron chi connectivity index (χ3n) is 5.87. The van der Waals surface area contributed by atoms with Crippen LogP contribution in [0.4, 0.5) is 10.1 Å². The van der Waals surface area contributed by atoms with Crippen LogP contribution in [0.25, 0.3) is 22.6 Å². The highest BCUT2D eigenvalue weighted by atomic mass is 79.9. The zero-order valence-corrected chi connectivity index (χ0v) is 21.5. The second kappa shape index (κ2) is 9.69. The van der Waals surface area contributed by atoms with Gasteiger partial charge in [-0.3, -0.25) is 4.98 Å². The van der Waals surface area contributed by atoms with Gasteiger partial charge in [-0.25, -0.2) is 17.8 Å². The van der Waals surface area contributed by atoms with Crippen molar-refractivity contribution in [2.45, 2.75) is 4.90 Å². The molecule has 1 N–H and O–H groups in total. The maximum Gasteiger partial charge on any atom is 0.244 e. The molecule has 3 heterocycles. The highest BCUT2D eigenvalue weighted by molar-refractivity contribution is 9.10. The van der Waals surface area contributed by atoms with E-state index in [-0.39, 0.29) is 9.92 Å². The van der Waals surface area contributed by atoms with E-state index < -0.39 is 15.8 Å². The minimum absolute atomic E-state index is 0.0270. The van der Waals surface area contributed by atoms with Gasteiger partial charge in [0.25, 0.3) is 0 Å². The zero-order chi connectivity index (χ0) is 24.6. The summed E-state index contributed by atoms with van der Waals surface area (Å²) in [5.74, 6) is 0.0633. The molecule has 1 saturated heterocycles. The van der Waals surface area contributed by atoms with Gasteiger partial charge in [0.1, 0.15) is 16.5 Å². The topological polar surface area (TPSA) is 82.2 Å². The van der Waals surface area contributed by atoms with Crippen LogP contribution >= 0.6 is 27.5 Å². The van der Waals surface area contributed by atoms with Gasteiger partial charge >= 0.3 is 0 Å². The lowest BCUT2D eigenvalue weighted by atomic mass is 10.2. The Hall–Kier alpha value is -2.79. The van der Waals surface area contributed by atoms with Crippen molar-refractivity contribution in [2.75, 3.05) is 31.1 Å². The molecule has 35 heavy (non-hydrogen) atoms. The van der Waals surface area contributed by atoms with E-state index >= 15 is 0 Å². The van der Waals surface area contributed by atoms with Crippen molar-refractivity contribution in [1.29, 1.82) is 0 Å². The Kier molecular flexibility index (Phi) is 6.63. The first-order valence-corrected chi connectivity index (χ1v) is 13.4. The van der Waals surface area contributed by atoms with Crippen LogP contribution < -0.4 is 4.90 Å². The summed E-state index contributed by atoms with van der Waals surface area (Å²) in [6.07, 6.45) is 5.13. The van der Waals surface area contributed by atoms with Gasteiger partial charge in [-0.1, -0.05) is 17.7 Å². The van der Waals surface area contributed by atoms with Gasteiger partial charge < -0.3 is 9.88 Å². The molecule has 0 bridgehead atoms. The van der Waals surface area contributed by atoms with Crippen molar-refractivity contribution in [3.8, 4) is 22.6 Å². The van der Waals surface area contributed by atoms with E-state index in [9.17, 15) is 12.8 Å². The zero-order valence-electron chi connectivity index (χ0n) is 18.3. The number of nitrogens with one attached hydrogen (secondary N) is 1. The van der Waals surface area contributed by atoms with Crippen molar-refractivity contribution in [3.63, 3.8) is 0 Å². The minimum atomic E-state index is -3.82. The number of aromatic amines is 1. The number of hydrogen-bond acceptors (Lipinski definition) is 5. The first-order valence-electron chi connectivity index (χ1n) is 10.8. The molecule has 2 aromatic heterocycles. The highest BCUT2D eigenvalue weighted by Gasteiger charge is 2.30. The van der Waals surface area contributed by atoms with Gasteiger partial charge in [0.15, 0.2) is 0 Å². The molecule has 5 rings (SSSR count). The molecule has 1 fully saturated rings. The first-order chi connectivity index (χ1) is 16.8. The molecule has 180 valence electrons. The molecule has 1 aliphatic rings. The summed E-state index contributed by atoms with van der Waals surface area (Å²) in [6.45, 7) is 1.76. The van der Waals surface area contributed by atoms with E-state index in [4.69, 9.17) is 11.6 Å². The second-order valence-corrected chi connectivity index (χ2v) is 11.2. The number of hydrogen-bond donors (Lipinski definition) is 1. The molecule has 0 spiro atoms. The number of pyridine rings is 1. The number of halogens is 3. The monoisotopic (exact) mass is 575 g/mol. The van der Waals surface area contributed by atoms with Crippen LogP contribution in [-0.4, -0.2) is 53.9 Å². The predicted octanol–water partition coefficient (Wildman–Crippen LogP) is 5.20. The van der Waals surface area contributed by atoms with Crippen LogP contribution in [-0.2, 0) is 10.0 Å². The largest absolute Gasteiger partial charge is 0.368 e. The van der Waals surface area contributed by atoms with Crippen LogP contribution in [0.15, 0.2) is 76.5 Å². The number of rotatable bonds is 5. The molecule has 0 radical (unpaired) electrons. The Morgan fingerprint density at radius 1 is 1.03 bits per heavy atom. The molecule has 11 heteroatoms. The SMILES string of the molecule is O=S(=O)(c1cc(-c2nc(-c3ccc(Br)c(F)c3)c[nH]2)ccc1Cl)N1CCN(c2cccnc2)CC1. The molecule has 0 saturated carbocycles. The van der Waals surface area contributed by atoms with E-state index in [0.717, 1.165) is 5.69 Å². The lowest BCUT2D eigenvalue weighted by Crippen LogP contribution is -2.48. The van der Waals surface area contributed by atoms with Crippen LogP contribution in [0, 0.1) is 5.82 Å². The van der Waals surface area contributed by atoms with Crippen molar-refractivity contribution < 1.29 is 12.8 Å². The Balaban J connectivity index is 1.38. The molecule has 0 amide bonds. The van der Waals surface area contributed by atoms with Gasteiger partial charge in [0.05, 0.1) is 27.1 Å². The van der Waals surface area contributed by atoms with Gasteiger partial charge in [0.2, 0.25) is 10.0 Å². The molecular weight excluding hydrogens is 557 g/mol. The molecule has 0 unspecified atom stereocenters. The smallest absolute Gasteiger partial charge is 0.244 e. The Labute approximate surface area is 215 Å². The van der Waals surface area contributed by atoms with Crippen LogP contribution in [0.1, 0.15) is 0 Å². The predicted molar refractivity (Wildman–Crippen MR) is 137 cm³/mol. The summed E-state index contributed by atoms with van der Waals surface area (Å²) in [7, 11) is -3.82. The number of H-pyrrole nitrogens is 1. The number of anilines is 1. The maximum absolute atomic E-state index is 13.9. The van der Waals surface area contributed by atoms with Crippen molar-refractivity contribution in [3.05, 3.63) is 82.4 Å². The van der Waals surface area contributed by atoms with Crippen LogP contribution in [0.2, 0.25) is 5.02 Å². The summed E-state index contributed by atoms with van der Waals surface area (Å²) < 4.78 is 42.7. The maximum atomic E-state index is 13.9. The second-order valence-electron chi connectivity index (χ2n) is 8.01.